The second kappa shape index (κ2) is 8.00. The van der Waals surface area contributed by atoms with Crippen molar-refractivity contribution in [3.05, 3.63) is 74.7 Å². The molecule has 0 aliphatic rings. The van der Waals surface area contributed by atoms with Gasteiger partial charge >= 0.3 is 0 Å². The van der Waals surface area contributed by atoms with Crippen molar-refractivity contribution in [3.8, 4) is 5.69 Å². The van der Waals surface area contributed by atoms with E-state index in [1.165, 1.54) is 11.8 Å². The monoisotopic (exact) mass is 426 g/mol. The Morgan fingerprint density at radius 2 is 1.93 bits per heavy atom. The Hall–Kier alpha value is -2.64. The maximum Gasteiger partial charge on any atom is 0.266 e. The minimum absolute atomic E-state index is 0.136. The highest BCUT2D eigenvalue weighted by Gasteiger charge is 2.17. The van der Waals surface area contributed by atoms with Crippen LogP contribution in [0.2, 0.25) is 5.02 Å². The average Bonchev–Trinajstić information content (AvgIpc) is 3.17. The number of thioether (sulfide) groups is 1. The summed E-state index contributed by atoms with van der Waals surface area (Å²) in [7, 11) is 0. The third-order valence-corrected chi connectivity index (χ3v) is 5.91. The Bertz CT molecular complexity index is 1270. The molecule has 148 valence electrons. The summed E-state index contributed by atoms with van der Waals surface area (Å²) in [5.41, 5.74) is 3.36. The number of nitrogens with zero attached hydrogens (tertiary/aromatic N) is 4. The quantitative estimate of drug-likeness (QED) is 0.334. The summed E-state index contributed by atoms with van der Waals surface area (Å²) in [5, 5.41) is 9.66. The Labute approximate surface area is 176 Å². The Morgan fingerprint density at radius 1 is 1.14 bits per heavy atom. The first-order chi connectivity index (χ1) is 14.0. The van der Waals surface area contributed by atoms with E-state index in [9.17, 15) is 4.79 Å². The van der Waals surface area contributed by atoms with Crippen LogP contribution in [0, 0.1) is 13.8 Å². The molecule has 0 amide bonds. The highest BCUT2D eigenvalue weighted by Crippen LogP contribution is 2.27. The molecule has 2 aromatic carbocycles. The minimum Gasteiger partial charge on any atom is -0.424 e. The van der Waals surface area contributed by atoms with Gasteiger partial charge in [-0.15, -0.1) is 10.2 Å². The molecular formula is C21H19ClN4O2S. The van der Waals surface area contributed by atoms with Crippen molar-refractivity contribution in [2.24, 2.45) is 0 Å². The van der Waals surface area contributed by atoms with Gasteiger partial charge in [0.05, 0.1) is 22.3 Å². The number of aromatic nitrogens is 4. The van der Waals surface area contributed by atoms with Crippen LogP contribution in [0.5, 0.6) is 0 Å². The van der Waals surface area contributed by atoms with Crippen LogP contribution < -0.4 is 5.56 Å². The number of hydrogen-bond donors (Lipinski definition) is 0. The first-order valence-corrected chi connectivity index (χ1v) is 10.6. The molecule has 0 unspecified atom stereocenters. The molecule has 0 aliphatic carbocycles. The van der Waals surface area contributed by atoms with Crippen LogP contribution in [0.3, 0.4) is 0 Å². The van der Waals surface area contributed by atoms with E-state index in [-0.39, 0.29) is 5.56 Å². The maximum absolute atomic E-state index is 13.4. The van der Waals surface area contributed by atoms with Gasteiger partial charge in [-0.2, -0.15) is 0 Å². The van der Waals surface area contributed by atoms with Crippen LogP contribution in [-0.2, 0) is 12.2 Å². The minimum atomic E-state index is -0.136. The normalized spacial score (nSPS) is 11.3. The Kier molecular flexibility index (Phi) is 5.43. The van der Waals surface area contributed by atoms with E-state index in [2.05, 4.69) is 10.2 Å². The van der Waals surface area contributed by atoms with Crippen LogP contribution >= 0.6 is 23.4 Å². The number of benzene rings is 2. The van der Waals surface area contributed by atoms with Crippen LogP contribution in [-0.4, -0.2) is 19.7 Å². The van der Waals surface area contributed by atoms with Crippen molar-refractivity contribution in [1.82, 2.24) is 19.7 Å². The van der Waals surface area contributed by atoms with Crippen molar-refractivity contribution in [3.63, 3.8) is 0 Å². The summed E-state index contributed by atoms with van der Waals surface area (Å²) in [6, 6.07) is 11.0. The van der Waals surface area contributed by atoms with Crippen molar-refractivity contribution in [2.75, 3.05) is 0 Å². The van der Waals surface area contributed by atoms with E-state index in [1.807, 2.05) is 39.0 Å². The van der Waals surface area contributed by atoms with Crippen LogP contribution in [0.25, 0.3) is 16.6 Å². The average molecular weight is 427 g/mol. The standard InChI is InChI=1S/C21H19ClN4O2S/c1-4-18-24-25-19(28-18)11-29-21-23-16-10-14(22)8-9-15(16)20(27)26(21)17-7-5-6-12(2)13(17)3/h5-10H,4,11H2,1-3H3. The van der Waals surface area contributed by atoms with Crippen LogP contribution in [0.15, 0.2) is 50.8 Å². The van der Waals surface area contributed by atoms with Gasteiger partial charge in [0.1, 0.15) is 0 Å². The number of hydrogen-bond acceptors (Lipinski definition) is 6. The van der Waals surface area contributed by atoms with E-state index < -0.39 is 0 Å². The van der Waals surface area contributed by atoms with Gasteiger partial charge in [0.15, 0.2) is 5.16 Å². The maximum atomic E-state index is 13.4. The zero-order valence-electron chi connectivity index (χ0n) is 16.3. The van der Waals surface area contributed by atoms with Gasteiger partial charge in [0.25, 0.3) is 5.56 Å². The third-order valence-electron chi connectivity index (χ3n) is 4.75. The lowest BCUT2D eigenvalue weighted by Crippen LogP contribution is -2.22. The molecule has 0 saturated carbocycles. The van der Waals surface area contributed by atoms with Gasteiger partial charge in [0, 0.05) is 11.4 Å². The van der Waals surface area contributed by atoms with E-state index in [4.69, 9.17) is 21.0 Å². The molecule has 0 spiro atoms. The second-order valence-corrected chi connectivity index (χ2v) is 8.03. The summed E-state index contributed by atoms with van der Waals surface area (Å²) in [4.78, 5) is 18.1. The molecular weight excluding hydrogens is 408 g/mol. The van der Waals surface area contributed by atoms with Gasteiger partial charge in [-0.3, -0.25) is 9.36 Å². The van der Waals surface area contributed by atoms with Crippen molar-refractivity contribution in [2.45, 2.75) is 38.1 Å². The summed E-state index contributed by atoms with van der Waals surface area (Å²) in [6.45, 7) is 5.98. The smallest absolute Gasteiger partial charge is 0.266 e. The summed E-state index contributed by atoms with van der Waals surface area (Å²) in [6.07, 6.45) is 0.678. The Balaban J connectivity index is 1.88. The van der Waals surface area contributed by atoms with Crippen LogP contribution in [0.1, 0.15) is 29.8 Å². The van der Waals surface area contributed by atoms with Crippen LogP contribution in [0.4, 0.5) is 0 Å². The topological polar surface area (TPSA) is 73.8 Å². The predicted molar refractivity (Wildman–Crippen MR) is 115 cm³/mol. The molecule has 0 atom stereocenters. The van der Waals surface area contributed by atoms with Gasteiger partial charge in [-0.05, 0) is 49.2 Å². The Morgan fingerprint density at radius 3 is 2.69 bits per heavy atom. The highest BCUT2D eigenvalue weighted by molar-refractivity contribution is 7.98. The lowest BCUT2D eigenvalue weighted by molar-refractivity contribution is 0.469. The first kappa shape index (κ1) is 19.7. The molecule has 29 heavy (non-hydrogen) atoms. The fraction of sp³-hybridized carbons (Fsp3) is 0.238. The summed E-state index contributed by atoms with van der Waals surface area (Å²) < 4.78 is 7.25. The van der Waals surface area contributed by atoms with Crippen molar-refractivity contribution < 1.29 is 4.42 Å². The number of halogens is 1. The van der Waals surface area contributed by atoms with E-state index in [0.29, 0.717) is 45.0 Å². The third kappa shape index (κ3) is 3.80. The largest absolute Gasteiger partial charge is 0.424 e. The molecule has 4 rings (SSSR count). The molecule has 0 saturated heterocycles. The molecule has 0 N–H and O–H groups in total. The molecule has 0 fully saturated rings. The summed E-state index contributed by atoms with van der Waals surface area (Å²) >= 11 is 7.51. The fourth-order valence-electron chi connectivity index (χ4n) is 3.04. The highest BCUT2D eigenvalue weighted by atomic mass is 35.5. The van der Waals surface area contributed by atoms with E-state index >= 15 is 0 Å². The zero-order valence-corrected chi connectivity index (χ0v) is 17.8. The van der Waals surface area contributed by atoms with Crippen molar-refractivity contribution >= 4 is 34.3 Å². The lowest BCUT2D eigenvalue weighted by atomic mass is 10.1. The fourth-order valence-corrected chi connectivity index (χ4v) is 4.05. The first-order valence-electron chi connectivity index (χ1n) is 9.21. The lowest BCUT2D eigenvalue weighted by Gasteiger charge is -2.16. The van der Waals surface area contributed by atoms with E-state index in [0.717, 1.165) is 16.8 Å². The van der Waals surface area contributed by atoms with Gasteiger partial charge in [-0.25, -0.2) is 4.98 Å². The molecule has 8 heteroatoms. The molecule has 6 nitrogen and oxygen atoms in total. The van der Waals surface area contributed by atoms with E-state index in [1.54, 1.807) is 22.8 Å². The van der Waals surface area contributed by atoms with Crippen molar-refractivity contribution in [1.29, 1.82) is 0 Å². The van der Waals surface area contributed by atoms with Gasteiger partial charge in [0.2, 0.25) is 11.8 Å². The molecule has 2 aromatic heterocycles. The zero-order chi connectivity index (χ0) is 20.5. The van der Waals surface area contributed by atoms with Gasteiger partial charge < -0.3 is 4.42 Å². The molecule has 0 radical (unpaired) electrons. The number of rotatable bonds is 5. The molecule has 0 aliphatic heterocycles. The van der Waals surface area contributed by atoms with Gasteiger partial charge in [-0.1, -0.05) is 42.4 Å². The second-order valence-electron chi connectivity index (χ2n) is 6.65. The molecule has 0 bridgehead atoms. The predicted octanol–water partition coefficient (Wildman–Crippen LogP) is 4.89. The molecule has 2 heterocycles. The molecule has 4 aromatic rings. The summed E-state index contributed by atoms with van der Waals surface area (Å²) in [5.74, 6) is 1.50. The number of fused-ring (bicyclic) bond motifs is 1. The number of aryl methyl sites for hydroxylation is 2. The SMILES string of the molecule is CCc1nnc(CSc2nc3cc(Cl)ccc3c(=O)n2-c2cccc(C)c2C)o1.